The van der Waals surface area contributed by atoms with Crippen molar-refractivity contribution in [3.05, 3.63) is 0 Å². The van der Waals surface area contributed by atoms with Crippen LogP contribution in [0.25, 0.3) is 0 Å². The zero-order chi connectivity index (χ0) is 8.65. The molecule has 0 aromatic carbocycles. The van der Waals surface area contributed by atoms with E-state index in [0.717, 1.165) is 0 Å². The van der Waals surface area contributed by atoms with Gasteiger partial charge < -0.3 is 4.90 Å². The number of amides is 1. The second kappa shape index (κ2) is 4.03. The van der Waals surface area contributed by atoms with E-state index in [1.54, 1.807) is 11.9 Å². The summed E-state index contributed by atoms with van der Waals surface area (Å²) in [4.78, 5) is 12.9. The summed E-state index contributed by atoms with van der Waals surface area (Å²) < 4.78 is -0.777. The van der Waals surface area contributed by atoms with E-state index < -0.39 is 4.33 Å². The Morgan fingerprint density at radius 1 is 1.67 bits per heavy atom. The van der Waals surface area contributed by atoms with Crippen LogP contribution in [0.4, 0.5) is 0 Å². The first-order valence-electron chi connectivity index (χ1n) is 3.62. The van der Waals surface area contributed by atoms with Gasteiger partial charge in [-0.05, 0) is 13.3 Å². The summed E-state index contributed by atoms with van der Waals surface area (Å²) in [5.74, 6) is -0.117. The molecule has 1 atom stereocenters. The first-order chi connectivity index (χ1) is 4.99. The van der Waals surface area contributed by atoms with Crippen molar-refractivity contribution in [3.63, 3.8) is 0 Å². The lowest BCUT2D eigenvalue weighted by atomic mass is 10.3. The predicted molar refractivity (Wildman–Crippen MR) is 53.1 cm³/mol. The SMILES string of the molecule is CCN(C)C(=O)C1CC1(Cl)Cl.Cl. The lowest BCUT2D eigenvalue weighted by Crippen LogP contribution is -2.29. The van der Waals surface area contributed by atoms with Crippen LogP contribution in [0.2, 0.25) is 0 Å². The fourth-order valence-electron chi connectivity index (χ4n) is 0.903. The van der Waals surface area contributed by atoms with Gasteiger partial charge in [-0.1, -0.05) is 0 Å². The van der Waals surface area contributed by atoms with E-state index >= 15 is 0 Å². The highest BCUT2D eigenvalue weighted by Gasteiger charge is 2.56. The number of hydrogen-bond donors (Lipinski definition) is 0. The summed E-state index contributed by atoms with van der Waals surface area (Å²) in [7, 11) is 1.75. The molecule has 0 saturated heterocycles. The first-order valence-corrected chi connectivity index (χ1v) is 4.37. The zero-order valence-corrected chi connectivity index (χ0v) is 9.34. The zero-order valence-electron chi connectivity index (χ0n) is 7.01. The molecule has 1 amide bonds. The van der Waals surface area contributed by atoms with Crippen LogP contribution in [0.5, 0.6) is 0 Å². The van der Waals surface area contributed by atoms with Crippen molar-refractivity contribution in [2.75, 3.05) is 13.6 Å². The number of alkyl halides is 2. The van der Waals surface area contributed by atoms with Gasteiger partial charge in [0.15, 0.2) is 0 Å². The Balaban J connectivity index is 0.00000121. The molecule has 2 nitrogen and oxygen atoms in total. The Morgan fingerprint density at radius 3 is 2.33 bits per heavy atom. The van der Waals surface area contributed by atoms with Crippen LogP contribution >= 0.6 is 35.6 Å². The molecule has 72 valence electrons. The Labute approximate surface area is 88.6 Å². The predicted octanol–water partition coefficient (Wildman–Crippen LogP) is 2.08. The molecule has 5 heteroatoms. The van der Waals surface area contributed by atoms with Gasteiger partial charge in [0.1, 0.15) is 4.33 Å². The Hall–Kier alpha value is 0.340. The number of rotatable bonds is 2. The molecule has 0 spiro atoms. The molecule has 0 bridgehead atoms. The topological polar surface area (TPSA) is 20.3 Å². The summed E-state index contributed by atoms with van der Waals surface area (Å²) >= 11 is 11.4. The molecule has 1 saturated carbocycles. The Kier molecular flexibility index (Phi) is 4.15. The van der Waals surface area contributed by atoms with Gasteiger partial charge in [-0.15, -0.1) is 35.6 Å². The van der Waals surface area contributed by atoms with Gasteiger partial charge in [0, 0.05) is 13.6 Å². The van der Waals surface area contributed by atoms with Gasteiger partial charge in [-0.3, -0.25) is 4.79 Å². The smallest absolute Gasteiger partial charge is 0.228 e. The van der Waals surface area contributed by atoms with Crippen molar-refractivity contribution in [1.29, 1.82) is 0 Å². The van der Waals surface area contributed by atoms with Crippen molar-refractivity contribution in [1.82, 2.24) is 4.90 Å². The number of carbonyl (C=O) groups excluding carboxylic acids is 1. The van der Waals surface area contributed by atoms with E-state index in [1.807, 2.05) is 6.92 Å². The standard InChI is InChI=1S/C7H11Cl2NO.ClH/c1-3-10(2)6(11)5-4-7(5,8)9;/h5H,3-4H2,1-2H3;1H. The lowest BCUT2D eigenvalue weighted by molar-refractivity contribution is -0.131. The van der Waals surface area contributed by atoms with Crippen LogP contribution in [0.15, 0.2) is 0 Å². The highest BCUT2D eigenvalue weighted by atomic mass is 35.5. The largest absolute Gasteiger partial charge is 0.346 e. The molecule has 1 aliphatic rings. The van der Waals surface area contributed by atoms with E-state index in [0.29, 0.717) is 13.0 Å². The fraction of sp³-hybridized carbons (Fsp3) is 0.857. The Morgan fingerprint density at radius 2 is 2.08 bits per heavy atom. The fourth-order valence-corrected chi connectivity index (χ4v) is 1.40. The summed E-state index contributed by atoms with van der Waals surface area (Å²) in [6.07, 6.45) is 0.597. The average molecular weight is 233 g/mol. The molecule has 1 fully saturated rings. The number of halogens is 3. The molecule has 12 heavy (non-hydrogen) atoms. The molecular weight excluding hydrogens is 220 g/mol. The molecule has 1 unspecified atom stereocenters. The molecule has 0 radical (unpaired) electrons. The van der Waals surface area contributed by atoms with E-state index in [-0.39, 0.29) is 24.2 Å². The van der Waals surface area contributed by atoms with Gasteiger partial charge in [0.2, 0.25) is 5.91 Å². The van der Waals surface area contributed by atoms with Gasteiger partial charge in [-0.25, -0.2) is 0 Å². The van der Waals surface area contributed by atoms with Gasteiger partial charge >= 0.3 is 0 Å². The molecule has 0 aliphatic heterocycles. The molecule has 0 aromatic heterocycles. The maximum atomic E-state index is 11.3. The maximum Gasteiger partial charge on any atom is 0.228 e. The normalized spacial score (nSPS) is 24.2. The molecule has 0 heterocycles. The van der Waals surface area contributed by atoms with E-state index in [9.17, 15) is 4.79 Å². The van der Waals surface area contributed by atoms with Gasteiger partial charge in [-0.2, -0.15) is 0 Å². The van der Waals surface area contributed by atoms with Crippen molar-refractivity contribution in [2.45, 2.75) is 17.7 Å². The maximum absolute atomic E-state index is 11.3. The summed E-state index contributed by atoms with van der Waals surface area (Å²) in [5, 5.41) is 0. The quantitative estimate of drug-likeness (QED) is 0.668. The van der Waals surface area contributed by atoms with Gasteiger partial charge in [0.25, 0.3) is 0 Å². The van der Waals surface area contributed by atoms with Crippen molar-refractivity contribution < 1.29 is 4.79 Å². The second-order valence-electron chi connectivity index (χ2n) is 2.87. The van der Waals surface area contributed by atoms with Crippen molar-refractivity contribution in [2.24, 2.45) is 5.92 Å². The van der Waals surface area contributed by atoms with Crippen LogP contribution in [-0.4, -0.2) is 28.7 Å². The van der Waals surface area contributed by atoms with Crippen LogP contribution in [0, 0.1) is 5.92 Å². The number of hydrogen-bond acceptors (Lipinski definition) is 1. The third kappa shape index (κ3) is 2.41. The summed E-state index contributed by atoms with van der Waals surface area (Å²) in [6, 6.07) is 0. The lowest BCUT2D eigenvalue weighted by Gasteiger charge is -2.13. The molecular formula is C7H12Cl3NO. The third-order valence-electron chi connectivity index (χ3n) is 1.97. The summed E-state index contributed by atoms with van der Waals surface area (Å²) in [5.41, 5.74) is 0. The minimum atomic E-state index is -0.777. The summed E-state index contributed by atoms with van der Waals surface area (Å²) in [6.45, 7) is 2.63. The average Bonchev–Trinajstić information content (AvgIpc) is 2.56. The first kappa shape index (κ1) is 12.3. The number of nitrogens with zero attached hydrogens (tertiary/aromatic N) is 1. The van der Waals surface area contributed by atoms with Crippen LogP contribution in [-0.2, 0) is 4.79 Å². The Bertz CT molecular complexity index is 183. The highest BCUT2D eigenvalue weighted by molar-refractivity contribution is 6.52. The second-order valence-corrected chi connectivity index (χ2v) is 4.41. The molecule has 0 N–H and O–H groups in total. The molecule has 0 aromatic rings. The van der Waals surface area contributed by atoms with E-state index in [2.05, 4.69) is 0 Å². The highest BCUT2D eigenvalue weighted by Crippen LogP contribution is 2.53. The third-order valence-corrected chi connectivity index (χ3v) is 2.81. The molecule has 1 rings (SSSR count). The minimum Gasteiger partial charge on any atom is -0.346 e. The van der Waals surface area contributed by atoms with E-state index in [4.69, 9.17) is 23.2 Å². The minimum absolute atomic E-state index is 0. The van der Waals surface area contributed by atoms with Crippen LogP contribution in [0.1, 0.15) is 13.3 Å². The molecule has 1 aliphatic carbocycles. The van der Waals surface area contributed by atoms with Crippen molar-refractivity contribution >= 4 is 41.5 Å². The van der Waals surface area contributed by atoms with Crippen LogP contribution in [0.3, 0.4) is 0 Å². The van der Waals surface area contributed by atoms with E-state index in [1.165, 1.54) is 0 Å². The van der Waals surface area contributed by atoms with Gasteiger partial charge in [0.05, 0.1) is 5.92 Å². The number of carbonyl (C=O) groups is 1. The van der Waals surface area contributed by atoms with Crippen LogP contribution < -0.4 is 0 Å². The van der Waals surface area contributed by atoms with Crippen molar-refractivity contribution in [3.8, 4) is 0 Å². The monoisotopic (exact) mass is 231 g/mol.